The number of carbonyl (C=O) groups excluding carboxylic acids is 1. The van der Waals surface area contributed by atoms with Crippen LogP contribution in [0.15, 0.2) is 47.5 Å². The Morgan fingerprint density at radius 1 is 1.13 bits per heavy atom. The second-order valence-corrected chi connectivity index (χ2v) is 15.0. The second kappa shape index (κ2) is 13.9. The summed E-state index contributed by atoms with van der Waals surface area (Å²) in [5.41, 5.74) is 2.14. The minimum Gasteiger partial charge on any atom is -0.374 e. The molecule has 3 N–H and O–H groups in total. The van der Waals surface area contributed by atoms with E-state index in [1.807, 2.05) is 35.2 Å². The van der Waals surface area contributed by atoms with Gasteiger partial charge < -0.3 is 10.0 Å². The zero-order valence-corrected chi connectivity index (χ0v) is 29.2. The smallest absolute Gasteiger partial charge is 0.296 e. The topological polar surface area (TPSA) is 119 Å². The molecule has 1 saturated carbocycles. The Labute approximate surface area is 279 Å². The molecule has 1 aliphatic heterocycles. The van der Waals surface area contributed by atoms with Crippen molar-refractivity contribution in [1.29, 1.82) is 0 Å². The lowest BCUT2D eigenvalue weighted by atomic mass is 9.67. The number of hydrogen-bond acceptors (Lipinski definition) is 7. The van der Waals surface area contributed by atoms with E-state index in [4.69, 9.17) is 4.99 Å². The second-order valence-electron chi connectivity index (χ2n) is 13.7. The molecule has 242 valence electrons. The van der Waals surface area contributed by atoms with Gasteiger partial charge in [0.05, 0.1) is 12.6 Å². The molecule has 2 heterocycles. The van der Waals surface area contributed by atoms with Crippen LogP contribution in [0.3, 0.4) is 0 Å². The quantitative estimate of drug-likeness (QED) is 0.195. The highest BCUT2D eigenvalue weighted by molar-refractivity contribution is 6.46. The molecular formula is C34H46FIN7O2+. The van der Waals surface area contributed by atoms with Crippen molar-refractivity contribution in [1.82, 2.24) is 30.8 Å². The number of nitrogens with zero attached hydrogens (tertiary/aromatic N) is 5. The lowest BCUT2D eigenvalue weighted by molar-refractivity contribution is -0.328. The van der Waals surface area contributed by atoms with Crippen molar-refractivity contribution in [3.05, 3.63) is 74.4 Å². The Kier molecular flexibility index (Phi) is 10.4. The van der Waals surface area contributed by atoms with Crippen molar-refractivity contribution in [3.8, 4) is 0 Å². The van der Waals surface area contributed by atoms with E-state index in [0.717, 1.165) is 54.1 Å². The number of aromatic nitrogens is 4. The summed E-state index contributed by atoms with van der Waals surface area (Å²) in [6, 6.07) is 12.4. The molecule has 0 bridgehead atoms. The van der Waals surface area contributed by atoms with Crippen LogP contribution in [0.25, 0.3) is 0 Å². The van der Waals surface area contributed by atoms with Crippen LogP contribution in [0.2, 0.25) is 0 Å². The number of halogens is 2. The lowest BCUT2D eigenvalue weighted by Crippen LogP contribution is -3.34. The monoisotopic (exact) mass is 730 g/mol. The number of hydrogen-bond donors (Lipinski definition) is 3. The van der Waals surface area contributed by atoms with Crippen molar-refractivity contribution in [3.63, 3.8) is 0 Å². The molecule has 5 rings (SSSR count). The first kappa shape index (κ1) is 33.6. The predicted molar refractivity (Wildman–Crippen MR) is 168 cm³/mol. The molecule has 2 aliphatic rings. The average Bonchev–Trinajstić information content (AvgIpc) is 3.63. The van der Waals surface area contributed by atoms with Gasteiger partial charge in [-0.25, -0.2) is 4.39 Å². The third-order valence-electron chi connectivity index (χ3n) is 9.95. The van der Waals surface area contributed by atoms with Crippen LogP contribution in [-0.2, 0) is 11.3 Å². The third kappa shape index (κ3) is 7.46. The molecule has 9 nitrogen and oxygen atoms in total. The highest BCUT2D eigenvalue weighted by atomic mass is 127. The van der Waals surface area contributed by atoms with Gasteiger partial charge in [-0.2, -0.15) is 5.21 Å². The van der Waals surface area contributed by atoms with Crippen molar-refractivity contribution in [2.24, 2.45) is 22.2 Å². The number of H-pyrrole nitrogens is 1. The van der Waals surface area contributed by atoms with Crippen LogP contribution < -0.4 is 27.9 Å². The van der Waals surface area contributed by atoms with Gasteiger partial charge in [0.15, 0.2) is 9.39 Å². The maximum Gasteiger partial charge on any atom is 0.296 e. The number of tetrazole rings is 1. The van der Waals surface area contributed by atoms with E-state index in [1.54, 1.807) is 22.6 Å². The highest BCUT2D eigenvalue weighted by Gasteiger charge is 2.53. The molecule has 1 amide bonds. The number of aliphatic imine (C=N–C) groups is 1. The van der Waals surface area contributed by atoms with Crippen molar-refractivity contribution in [2.45, 2.75) is 104 Å². The summed E-state index contributed by atoms with van der Waals surface area (Å²) in [6.07, 6.45) is 5.41. The molecule has 0 saturated heterocycles. The first-order valence-electron chi connectivity index (χ1n) is 16.1. The molecule has 1 aliphatic carbocycles. The fourth-order valence-corrected chi connectivity index (χ4v) is 7.52. The molecule has 1 unspecified atom stereocenters. The zero-order chi connectivity index (χ0) is 32.4. The molecule has 2 aromatic carbocycles. The van der Waals surface area contributed by atoms with E-state index in [1.165, 1.54) is 12.1 Å². The SMILES string of the molecule is CCC(C)(C)C1CCC2(CC1)N=C(c1cc(F)cc([IH+])c1)C(=O)N2[C@H](CCC(C)C)c1ccc(C(O)NCc2nn[nH]n2)cc1. The van der Waals surface area contributed by atoms with E-state index < -0.39 is 11.9 Å². The van der Waals surface area contributed by atoms with Gasteiger partial charge in [0.1, 0.15) is 23.4 Å². The zero-order valence-electron chi connectivity index (χ0n) is 26.9. The molecule has 11 heteroatoms. The van der Waals surface area contributed by atoms with Gasteiger partial charge in [0.2, 0.25) is 0 Å². The summed E-state index contributed by atoms with van der Waals surface area (Å²) in [5, 5.41) is 27.6. The normalized spacial score (nSPS) is 21.9. The number of aliphatic hydroxyl groups excluding tert-OH is 1. The summed E-state index contributed by atoms with van der Waals surface area (Å²) in [5.74, 6) is 0.968. The molecule has 45 heavy (non-hydrogen) atoms. The Hall–Kier alpha value is -2.77. The van der Waals surface area contributed by atoms with Crippen LogP contribution >= 0.6 is 0 Å². The van der Waals surface area contributed by atoms with Gasteiger partial charge in [-0.3, -0.25) is 15.1 Å². The summed E-state index contributed by atoms with van der Waals surface area (Å²) < 4.78 is 15.4. The molecular weight excluding hydrogens is 684 g/mol. The van der Waals surface area contributed by atoms with Gasteiger partial charge in [-0.15, -0.1) is 10.2 Å². The molecule has 3 aromatic rings. The number of benzene rings is 2. The molecule has 1 fully saturated rings. The van der Waals surface area contributed by atoms with Gasteiger partial charge in [0.25, 0.3) is 28.5 Å². The Bertz CT molecular complexity index is 1460. The average molecular weight is 731 g/mol. The number of nitrogens with one attached hydrogen (secondary N) is 2. The van der Waals surface area contributed by atoms with Crippen LogP contribution in [0.4, 0.5) is 4.39 Å². The summed E-state index contributed by atoms with van der Waals surface area (Å²) >= 11 is 1.76. The predicted octanol–water partition coefficient (Wildman–Crippen LogP) is 2.71. The van der Waals surface area contributed by atoms with Crippen LogP contribution in [0.5, 0.6) is 0 Å². The number of aromatic amines is 1. The Balaban J connectivity index is 1.49. The summed E-state index contributed by atoms with van der Waals surface area (Å²) in [6.45, 7) is 11.6. The van der Waals surface area contributed by atoms with E-state index in [9.17, 15) is 14.3 Å². The first-order valence-corrected chi connectivity index (χ1v) is 17.2. The van der Waals surface area contributed by atoms with Gasteiger partial charge in [-0.05, 0) is 73.0 Å². The van der Waals surface area contributed by atoms with Crippen LogP contribution in [-0.4, -0.2) is 47.9 Å². The molecule has 2 atom stereocenters. The van der Waals surface area contributed by atoms with Gasteiger partial charge in [-0.1, -0.05) is 70.5 Å². The third-order valence-corrected chi connectivity index (χ3v) is 10.6. The standard InChI is InChI=1S/C34H46FIN7O2/c1-6-33(4,5)25-13-15-34(16-14-25)38-30(24-17-26(35)19-27(36)18-24)32(45)43(34)28(12-7-21(2)3)22-8-10-23(11-9-22)31(44)37-20-29-39-41-42-40-29/h8-11,17-19,21,25,28,31,36-37,44H,6-7,12-16,20H2,1-5H3,(H,39,40,41,42)/q+1/t25?,28-,31?,34?/m1/s1. The lowest BCUT2D eigenvalue weighted by Gasteiger charge is -2.48. The molecule has 1 spiro atoms. The van der Waals surface area contributed by atoms with Crippen molar-refractivity contribution in [2.75, 3.05) is 0 Å². The van der Waals surface area contributed by atoms with E-state index in [2.05, 4.69) is 60.6 Å². The molecule has 1 aromatic heterocycles. The van der Waals surface area contributed by atoms with Crippen molar-refractivity contribution < 1.29 is 36.9 Å². The van der Waals surface area contributed by atoms with Gasteiger partial charge >= 0.3 is 0 Å². The Morgan fingerprint density at radius 2 is 1.82 bits per heavy atom. The Morgan fingerprint density at radius 3 is 2.42 bits per heavy atom. The summed E-state index contributed by atoms with van der Waals surface area (Å²) in [4.78, 5) is 21.9. The number of carbonyl (C=O) groups is 1. The maximum atomic E-state index is 14.6. The van der Waals surface area contributed by atoms with E-state index >= 15 is 0 Å². The van der Waals surface area contributed by atoms with Crippen molar-refractivity contribution >= 4 is 11.6 Å². The summed E-state index contributed by atoms with van der Waals surface area (Å²) in [7, 11) is 0. The fraction of sp³-hybridized carbons (Fsp3) is 0.559. The number of aliphatic hydroxyl groups is 1. The van der Waals surface area contributed by atoms with Gasteiger partial charge in [0, 0.05) is 17.7 Å². The molecule has 0 radical (unpaired) electrons. The number of rotatable bonds is 12. The van der Waals surface area contributed by atoms with E-state index in [0.29, 0.717) is 34.5 Å². The largest absolute Gasteiger partial charge is 0.374 e. The van der Waals surface area contributed by atoms with Crippen LogP contribution in [0, 0.1) is 26.6 Å². The minimum atomic E-state index is -0.921. The highest BCUT2D eigenvalue weighted by Crippen LogP contribution is 2.50. The van der Waals surface area contributed by atoms with Crippen LogP contribution in [0.1, 0.15) is 114 Å². The first-order chi connectivity index (χ1) is 21.4. The fourth-order valence-electron chi connectivity index (χ4n) is 6.83. The maximum absolute atomic E-state index is 14.6. The van der Waals surface area contributed by atoms with E-state index in [-0.39, 0.29) is 29.7 Å². The minimum absolute atomic E-state index is 0.131. The number of amides is 1.